The minimum Gasteiger partial charge on any atom is -0.385 e. The zero-order valence-electron chi connectivity index (χ0n) is 6.54. The molecule has 4 heteroatoms. The van der Waals surface area contributed by atoms with Crippen LogP contribution in [0.4, 0.5) is 0 Å². The number of hydrogen-bond acceptors (Lipinski definition) is 4. The number of Topliss-reactive ketones (excluding diaryl/α,β-unsaturated/α-hetero) is 1. The molecule has 0 aromatic heterocycles. The number of nitrogens with zero attached hydrogens (tertiary/aromatic N) is 1. The summed E-state index contributed by atoms with van der Waals surface area (Å²) in [5.74, 6) is -0.815. The number of rotatable bonds is 5. The smallest absolute Gasteiger partial charge is 0.236 e. The maximum Gasteiger partial charge on any atom is 0.236 e. The molecular weight excluding hydrogens is 144 g/mol. The second kappa shape index (κ2) is 5.83. The Morgan fingerprint density at radius 3 is 2.82 bits per heavy atom. The van der Waals surface area contributed by atoms with Crippen LogP contribution in [0.2, 0.25) is 0 Å². The second-order valence-electron chi connectivity index (χ2n) is 2.19. The third-order valence-corrected chi connectivity index (χ3v) is 1.44. The average molecular weight is 156 g/mol. The topological polar surface area (TPSA) is 76.1 Å². The summed E-state index contributed by atoms with van der Waals surface area (Å²) in [6, 6.07) is 1.55. The molecule has 1 unspecified atom stereocenters. The number of carbonyl (C=O) groups is 1. The van der Waals surface area contributed by atoms with E-state index in [1.807, 2.05) is 0 Å². The van der Waals surface area contributed by atoms with Crippen LogP contribution in [0.5, 0.6) is 0 Å². The molecule has 0 fully saturated rings. The highest BCUT2D eigenvalue weighted by Gasteiger charge is 2.14. The fraction of sp³-hybridized carbons (Fsp3) is 0.714. The van der Waals surface area contributed by atoms with Crippen molar-refractivity contribution in [2.24, 2.45) is 11.7 Å². The van der Waals surface area contributed by atoms with Crippen molar-refractivity contribution < 1.29 is 9.53 Å². The van der Waals surface area contributed by atoms with E-state index in [1.165, 1.54) is 0 Å². The van der Waals surface area contributed by atoms with Crippen LogP contribution >= 0.6 is 0 Å². The van der Waals surface area contributed by atoms with E-state index >= 15 is 0 Å². The number of hydrogen-bond donors (Lipinski definition) is 1. The quantitative estimate of drug-likeness (QED) is 0.554. The number of carbonyl (C=O) groups excluding carboxylic acids is 1. The van der Waals surface area contributed by atoms with Crippen molar-refractivity contribution in [2.75, 3.05) is 20.3 Å². The van der Waals surface area contributed by atoms with Crippen LogP contribution in [-0.2, 0) is 9.53 Å². The number of methoxy groups -OCH3 is 1. The Bertz CT molecular complexity index is 162. The fourth-order valence-corrected chi connectivity index (χ4v) is 0.707. The van der Waals surface area contributed by atoms with Crippen molar-refractivity contribution in [3.05, 3.63) is 0 Å². The highest BCUT2D eigenvalue weighted by molar-refractivity contribution is 5.95. The van der Waals surface area contributed by atoms with E-state index in [1.54, 1.807) is 13.2 Å². The Balaban J connectivity index is 3.77. The number of ether oxygens (including phenoxy) is 1. The van der Waals surface area contributed by atoms with Gasteiger partial charge >= 0.3 is 0 Å². The fourth-order valence-electron chi connectivity index (χ4n) is 0.707. The van der Waals surface area contributed by atoms with Crippen LogP contribution in [0.15, 0.2) is 0 Å². The average Bonchev–Trinajstić information content (AvgIpc) is 2.05. The third kappa shape index (κ3) is 3.71. The summed E-state index contributed by atoms with van der Waals surface area (Å²) in [5.41, 5.74) is 5.26. The van der Waals surface area contributed by atoms with Gasteiger partial charge in [0, 0.05) is 26.2 Å². The first kappa shape index (κ1) is 10.1. The largest absolute Gasteiger partial charge is 0.385 e. The Labute approximate surface area is 65.9 Å². The standard InChI is InChI=1S/C7H12N2O2/c1-11-3-2-6(4-8)7(10)5-9/h6H,2-4,8H2,1H3. The van der Waals surface area contributed by atoms with Crippen molar-refractivity contribution in [1.29, 1.82) is 5.26 Å². The molecule has 1 atom stereocenters. The van der Waals surface area contributed by atoms with Crippen LogP contribution in [-0.4, -0.2) is 26.0 Å². The van der Waals surface area contributed by atoms with Crippen molar-refractivity contribution in [3.63, 3.8) is 0 Å². The van der Waals surface area contributed by atoms with Crippen LogP contribution in [0.1, 0.15) is 6.42 Å². The van der Waals surface area contributed by atoms with E-state index in [0.717, 1.165) is 0 Å². The molecule has 0 radical (unpaired) electrons. The summed E-state index contributed by atoms with van der Waals surface area (Å²) in [5, 5.41) is 8.24. The Morgan fingerprint density at radius 2 is 2.45 bits per heavy atom. The molecule has 2 N–H and O–H groups in total. The predicted molar refractivity (Wildman–Crippen MR) is 39.7 cm³/mol. The maximum atomic E-state index is 10.8. The second-order valence-corrected chi connectivity index (χ2v) is 2.19. The molecule has 0 saturated carbocycles. The molecule has 62 valence electrons. The van der Waals surface area contributed by atoms with Crippen LogP contribution < -0.4 is 5.73 Å². The van der Waals surface area contributed by atoms with Gasteiger partial charge in [0.25, 0.3) is 0 Å². The van der Waals surface area contributed by atoms with E-state index in [0.29, 0.717) is 13.0 Å². The molecule has 0 rings (SSSR count). The number of ketones is 1. The van der Waals surface area contributed by atoms with Crippen molar-refractivity contribution in [2.45, 2.75) is 6.42 Å². The first-order valence-corrected chi connectivity index (χ1v) is 3.39. The van der Waals surface area contributed by atoms with Gasteiger partial charge in [-0.05, 0) is 6.42 Å². The Morgan fingerprint density at radius 1 is 1.82 bits per heavy atom. The highest BCUT2D eigenvalue weighted by atomic mass is 16.5. The van der Waals surface area contributed by atoms with E-state index in [9.17, 15) is 4.79 Å². The maximum absolute atomic E-state index is 10.8. The van der Waals surface area contributed by atoms with Crippen molar-refractivity contribution in [3.8, 4) is 6.07 Å². The molecule has 0 aromatic carbocycles. The lowest BCUT2D eigenvalue weighted by molar-refractivity contribution is -0.117. The molecule has 0 aliphatic rings. The molecule has 11 heavy (non-hydrogen) atoms. The molecule has 0 aromatic rings. The van der Waals surface area contributed by atoms with Gasteiger partial charge < -0.3 is 10.5 Å². The van der Waals surface area contributed by atoms with Gasteiger partial charge in [0.2, 0.25) is 5.78 Å². The molecule has 0 aliphatic carbocycles. The van der Waals surface area contributed by atoms with E-state index in [4.69, 9.17) is 15.7 Å². The highest BCUT2D eigenvalue weighted by Crippen LogP contribution is 2.01. The SMILES string of the molecule is COCCC(CN)C(=O)C#N. The summed E-state index contributed by atoms with van der Waals surface area (Å²) in [6.07, 6.45) is 0.527. The number of nitriles is 1. The Hall–Kier alpha value is -0.920. The monoisotopic (exact) mass is 156 g/mol. The first-order chi connectivity index (χ1) is 5.26. The molecule has 0 heterocycles. The third-order valence-electron chi connectivity index (χ3n) is 1.44. The number of nitrogens with two attached hydrogens (primary N) is 1. The van der Waals surface area contributed by atoms with E-state index < -0.39 is 5.78 Å². The summed E-state index contributed by atoms with van der Waals surface area (Å²) in [4.78, 5) is 10.8. The first-order valence-electron chi connectivity index (χ1n) is 3.39. The zero-order valence-corrected chi connectivity index (χ0v) is 6.54. The van der Waals surface area contributed by atoms with Crippen LogP contribution in [0, 0.1) is 17.2 Å². The zero-order chi connectivity index (χ0) is 8.69. The van der Waals surface area contributed by atoms with Gasteiger partial charge in [-0.2, -0.15) is 5.26 Å². The lowest BCUT2D eigenvalue weighted by atomic mass is 10.0. The summed E-state index contributed by atoms with van der Waals surface area (Å²) < 4.78 is 4.75. The predicted octanol–water partition coefficient (Wildman–Crippen LogP) is -0.310. The molecule has 0 bridgehead atoms. The normalized spacial score (nSPS) is 12.1. The lowest BCUT2D eigenvalue weighted by Crippen LogP contribution is -2.23. The Kier molecular flexibility index (Phi) is 5.35. The summed E-state index contributed by atoms with van der Waals surface area (Å²) >= 11 is 0. The van der Waals surface area contributed by atoms with Gasteiger partial charge in [0.1, 0.15) is 6.07 Å². The van der Waals surface area contributed by atoms with Crippen molar-refractivity contribution >= 4 is 5.78 Å². The van der Waals surface area contributed by atoms with Crippen LogP contribution in [0.25, 0.3) is 0 Å². The molecule has 0 saturated heterocycles. The molecule has 0 amide bonds. The molecule has 0 spiro atoms. The molecular formula is C7H12N2O2. The molecule has 0 aliphatic heterocycles. The van der Waals surface area contributed by atoms with Gasteiger partial charge in [-0.25, -0.2) is 0 Å². The van der Waals surface area contributed by atoms with Crippen LogP contribution in [0.3, 0.4) is 0 Å². The van der Waals surface area contributed by atoms with Crippen molar-refractivity contribution in [1.82, 2.24) is 0 Å². The van der Waals surface area contributed by atoms with Gasteiger partial charge in [-0.1, -0.05) is 0 Å². The summed E-state index contributed by atoms with van der Waals surface area (Å²) in [7, 11) is 1.55. The summed E-state index contributed by atoms with van der Waals surface area (Å²) in [6.45, 7) is 0.686. The lowest BCUT2D eigenvalue weighted by Gasteiger charge is -2.06. The minimum atomic E-state index is -0.454. The van der Waals surface area contributed by atoms with E-state index in [2.05, 4.69) is 0 Å². The van der Waals surface area contributed by atoms with Gasteiger partial charge in [-0.15, -0.1) is 0 Å². The van der Waals surface area contributed by atoms with Gasteiger partial charge in [0.15, 0.2) is 0 Å². The van der Waals surface area contributed by atoms with E-state index in [-0.39, 0.29) is 12.5 Å². The minimum absolute atomic E-state index is 0.218. The van der Waals surface area contributed by atoms with Gasteiger partial charge in [-0.3, -0.25) is 4.79 Å². The molecule has 4 nitrogen and oxygen atoms in total. The van der Waals surface area contributed by atoms with Gasteiger partial charge in [0.05, 0.1) is 0 Å².